The van der Waals surface area contributed by atoms with Crippen LogP contribution >= 0.6 is 11.6 Å². The minimum atomic E-state index is 0.462. The van der Waals surface area contributed by atoms with Crippen LogP contribution in [0.25, 0.3) is 0 Å². The van der Waals surface area contributed by atoms with Crippen molar-refractivity contribution in [2.24, 2.45) is 0 Å². The van der Waals surface area contributed by atoms with Crippen molar-refractivity contribution in [3.05, 3.63) is 46.7 Å². The van der Waals surface area contributed by atoms with Crippen LogP contribution < -0.4 is 15.2 Å². The topological polar surface area (TPSA) is 57.4 Å². The first-order chi connectivity index (χ1) is 10.3. The molecule has 1 aliphatic heterocycles. The molecule has 5 heteroatoms. The molecule has 4 nitrogen and oxygen atoms in total. The van der Waals surface area contributed by atoms with Gasteiger partial charge in [-0.15, -0.1) is 0 Å². The third kappa shape index (κ3) is 3.05. The molecule has 0 bridgehead atoms. The van der Waals surface area contributed by atoms with Gasteiger partial charge >= 0.3 is 0 Å². The summed E-state index contributed by atoms with van der Waals surface area (Å²) in [5.41, 5.74) is 8.74. The van der Waals surface area contributed by atoms with Crippen LogP contribution in [0.15, 0.2) is 30.6 Å². The predicted octanol–water partition coefficient (Wildman–Crippen LogP) is 3.26. The molecule has 0 saturated carbocycles. The normalized spacial score (nSPS) is 13.2. The fourth-order valence-corrected chi connectivity index (χ4v) is 2.70. The third-order valence-corrected chi connectivity index (χ3v) is 3.85. The van der Waals surface area contributed by atoms with Crippen LogP contribution in [-0.2, 0) is 12.8 Å². The van der Waals surface area contributed by atoms with E-state index in [1.165, 1.54) is 5.56 Å². The summed E-state index contributed by atoms with van der Waals surface area (Å²) in [6, 6.07) is 5.95. The van der Waals surface area contributed by atoms with E-state index < -0.39 is 0 Å². The molecule has 1 aliphatic rings. The molecule has 0 radical (unpaired) electrons. The smallest absolute Gasteiger partial charge is 0.186 e. The highest BCUT2D eigenvalue weighted by atomic mass is 35.5. The van der Waals surface area contributed by atoms with Crippen LogP contribution in [0.5, 0.6) is 11.5 Å². The Kier molecular flexibility index (Phi) is 4.15. The van der Waals surface area contributed by atoms with Crippen LogP contribution in [-0.4, -0.2) is 18.2 Å². The van der Waals surface area contributed by atoms with Gasteiger partial charge in [-0.25, -0.2) is 0 Å². The van der Waals surface area contributed by atoms with Gasteiger partial charge in [-0.05, 0) is 48.6 Å². The first kappa shape index (κ1) is 14.0. The molecule has 0 fully saturated rings. The number of nitrogens with two attached hydrogens (primary N) is 1. The van der Waals surface area contributed by atoms with Gasteiger partial charge in [-0.1, -0.05) is 11.6 Å². The van der Waals surface area contributed by atoms with Gasteiger partial charge in [0.2, 0.25) is 0 Å². The number of hydrogen-bond donors (Lipinski definition) is 1. The van der Waals surface area contributed by atoms with Crippen molar-refractivity contribution in [3.8, 4) is 11.5 Å². The number of nitrogen functional groups attached to an aromatic ring is 1. The van der Waals surface area contributed by atoms with E-state index >= 15 is 0 Å². The second kappa shape index (κ2) is 6.22. The maximum Gasteiger partial charge on any atom is 0.186 e. The predicted molar refractivity (Wildman–Crippen MR) is 83.1 cm³/mol. The number of aryl methyl sites for hydroxylation is 2. The van der Waals surface area contributed by atoms with Gasteiger partial charge < -0.3 is 15.2 Å². The van der Waals surface area contributed by atoms with Crippen molar-refractivity contribution < 1.29 is 9.47 Å². The van der Waals surface area contributed by atoms with Crippen molar-refractivity contribution in [3.63, 3.8) is 0 Å². The maximum atomic E-state index is 6.18. The zero-order valence-corrected chi connectivity index (χ0v) is 12.4. The second-order valence-corrected chi connectivity index (χ2v) is 5.40. The lowest BCUT2D eigenvalue weighted by atomic mass is 10.0. The molecule has 2 aromatic rings. The van der Waals surface area contributed by atoms with Crippen LogP contribution in [0.1, 0.15) is 17.5 Å². The fourth-order valence-electron chi connectivity index (χ4n) is 2.48. The Morgan fingerprint density at radius 3 is 2.57 bits per heavy atom. The van der Waals surface area contributed by atoms with E-state index in [9.17, 15) is 0 Å². The molecule has 3 rings (SSSR count). The largest absolute Gasteiger partial charge is 0.486 e. The highest BCUT2D eigenvalue weighted by molar-refractivity contribution is 6.33. The lowest BCUT2D eigenvalue weighted by Gasteiger charge is -2.23. The molecule has 1 aromatic heterocycles. The van der Waals surface area contributed by atoms with Crippen molar-refractivity contribution in [2.45, 2.75) is 19.3 Å². The molecule has 0 aliphatic carbocycles. The summed E-state index contributed by atoms with van der Waals surface area (Å²) >= 11 is 6.18. The highest BCUT2D eigenvalue weighted by Gasteiger charge is 2.21. The minimum Gasteiger partial charge on any atom is -0.486 e. The van der Waals surface area contributed by atoms with Gasteiger partial charge in [0.1, 0.15) is 13.2 Å². The van der Waals surface area contributed by atoms with Crippen LogP contribution in [0.4, 0.5) is 5.69 Å². The average molecular weight is 305 g/mol. The number of rotatable bonds is 4. The summed E-state index contributed by atoms with van der Waals surface area (Å²) in [6.07, 6.45) is 6.48. The Morgan fingerprint density at radius 1 is 1.10 bits per heavy atom. The Balaban J connectivity index is 1.75. The molecular weight excluding hydrogens is 288 g/mol. The molecule has 0 amide bonds. The zero-order chi connectivity index (χ0) is 14.7. The van der Waals surface area contributed by atoms with E-state index in [-0.39, 0.29) is 0 Å². The quantitative estimate of drug-likeness (QED) is 0.881. The molecule has 110 valence electrons. The standard InChI is InChI=1S/C16H17ClN2O2/c17-13-10-12(3-1-2-11-4-6-19-7-5-11)15-16(14(13)18)21-9-8-20-15/h4-7,10H,1-3,8-9,18H2. The van der Waals surface area contributed by atoms with E-state index in [0.29, 0.717) is 29.7 Å². The van der Waals surface area contributed by atoms with Crippen LogP contribution in [0.2, 0.25) is 5.02 Å². The lowest BCUT2D eigenvalue weighted by molar-refractivity contribution is 0.171. The Hall–Kier alpha value is -1.94. The number of nitrogens with zero attached hydrogens (tertiary/aromatic N) is 1. The van der Waals surface area contributed by atoms with E-state index in [1.807, 2.05) is 30.6 Å². The van der Waals surface area contributed by atoms with E-state index in [2.05, 4.69) is 4.98 Å². The molecule has 0 spiro atoms. The van der Waals surface area contributed by atoms with Gasteiger partial charge in [0.25, 0.3) is 0 Å². The number of aromatic nitrogens is 1. The summed E-state index contributed by atoms with van der Waals surface area (Å²) in [7, 11) is 0. The number of hydrogen-bond acceptors (Lipinski definition) is 4. The number of ether oxygens (including phenoxy) is 2. The van der Waals surface area contributed by atoms with Crippen molar-refractivity contribution >= 4 is 17.3 Å². The summed E-state index contributed by atoms with van der Waals surface area (Å²) in [4.78, 5) is 4.02. The summed E-state index contributed by atoms with van der Waals surface area (Å²) in [6.45, 7) is 1.05. The molecule has 2 heterocycles. The average Bonchev–Trinajstić information content (AvgIpc) is 2.53. The van der Waals surface area contributed by atoms with Gasteiger partial charge in [0.05, 0.1) is 10.7 Å². The molecule has 2 N–H and O–H groups in total. The number of benzene rings is 1. The summed E-state index contributed by atoms with van der Waals surface area (Å²) < 4.78 is 11.3. The molecule has 1 aromatic carbocycles. The van der Waals surface area contributed by atoms with Gasteiger partial charge in [0.15, 0.2) is 11.5 Å². The molecule has 0 unspecified atom stereocenters. The second-order valence-electron chi connectivity index (χ2n) is 5.00. The van der Waals surface area contributed by atoms with Gasteiger partial charge in [-0.3, -0.25) is 4.98 Å². The summed E-state index contributed by atoms with van der Waals surface area (Å²) in [5.74, 6) is 1.34. The van der Waals surface area contributed by atoms with Gasteiger partial charge in [0, 0.05) is 12.4 Å². The van der Waals surface area contributed by atoms with Crippen LogP contribution in [0, 0.1) is 0 Å². The third-order valence-electron chi connectivity index (χ3n) is 3.54. The number of fused-ring (bicyclic) bond motifs is 1. The molecule has 0 saturated heterocycles. The lowest BCUT2D eigenvalue weighted by Crippen LogP contribution is -2.18. The van der Waals surface area contributed by atoms with Crippen molar-refractivity contribution in [2.75, 3.05) is 18.9 Å². The van der Waals surface area contributed by atoms with E-state index in [0.717, 1.165) is 30.6 Å². The Labute approximate surface area is 128 Å². The van der Waals surface area contributed by atoms with E-state index in [4.69, 9.17) is 26.8 Å². The summed E-state index contributed by atoms with van der Waals surface area (Å²) in [5, 5.41) is 0.526. The minimum absolute atomic E-state index is 0.462. The SMILES string of the molecule is Nc1c(Cl)cc(CCCc2ccncc2)c2c1OCCO2. The highest BCUT2D eigenvalue weighted by Crippen LogP contribution is 2.43. The number of halogens is 1. The van der Waals surface area contributed by atoms with Crippen LogP contribution in [0.3, 0.4) is 0 Å². The Morgan fingerprint density at radius 2 is 1.81 bits per heavy atom. The number of pyridine rings is 1. The van der Waals surface area contributed by atoms with Crippen molar-refractivity contribution in [1.82, 2.24) is 4.98 Å². The molecule has 21 heavy (non-hydrogen) atoms. The monoisotopic (exact) mass is 304 g/mol. The molecular formula is C16H17ClN2O2. The van der Waals surface area contributed by atoms with E-state index in [1.54, 1.807) is 0 Å². The number of anilines is 1. The van der Waals surface area contributed by atoms with Gasteiger partial charge in [-0.2, -0.15) is 0 Å². The zero-order valence-electron chi connectivity index (χ0n) is 11.6. The molecule has 0 atom stereocenters. The van der Waals surface area contributed by atoms with Crippen molar-refractivity contribution in [1.29, 1.82) is 0 Å². The first-order valence-corrected chi connectivity index (χ1v) is 7.39. The fraction of sp³-hybridized carbons (Fsp3) is 0.312. The first-order valence-electron chi connectivity index (χ1n) is 7.01. The Bertz CT molecular complexity index is 632. The maximum absolute atomic E-state index is 6.18.